The molecule has 102 valence electrons. The monoisotopic (exact) mass is 266 g/mol. The molecule has 2 aromatic carbocycles. The number of hydrogen-bond acceptors (Lipinski definition) is 2. The molecule has 0 radical (unpaired) electrons. The van der Waals surface area contributed by atoms with Gasteiger partial charge in [0.15, 0.2) is 0 Å². The predicted octanol–water partition coefficient (Wildman–Crippen LogP) is 3.27. The molecule has 0 aliphatic carbocycles. The molecule has 3 nitrogen and oxygen atoms in total. The summed E-state index contributed by atoms with van der Waals surface area (Å²) in [5, 5.41) is 1.20. The summed E-state index contributed by atoms with van der Waals surface area (Å²) in [6.07, 6.45) is 2.05. The van der Waals surface area contributed by atoms with Gasteiger partial charge in [-0.1, -0.05) is 30.3 Å². The molecule has 0 aliphatic rings. The minimum absolute atomic E-state index is 0.207. The summed E-state index contributed by atoms with van der Waals surface area (Å²) in [5.74, 6) is 1.06. The zero-order chi connectivity index (χ0) is 13.9. The van der Waals surface area contributed by atoms with Gasteiger partial charge in [-0.15, -0.1) is 0 Å². The molecule has 0 amide bonds. The van der Waals surface area contributed by atoms with Crippen molar-refractivity contribution in [2.24, 2.45) is 5.73 Å². The average Bonchev–Trinajstić information content (AvgIpc) is 2.92. The second kappa shape index (κ2) is 5.39. The number of hydrogen-bond donors (Lipinski definition) is 2. The Bertz CT molecular complexity index is 703. The van der Waals surface area contributed by atoms with Crippen LogP contribution in [0.5, 0.6) is 5.75 Å². The summed E-state index contributed by atoms with van der Waals surface area (Å²) in [6, 6.07) is 16.5. The molecule has 0 spiro atoms. The van der Waals surface area contributed by atoms with Crippen LogP contribution < -0.4 is 10.5 Å². The molecule has 3 aromatic rings. The van der Waals surface area contributed by atoms with Crippen LogP contribution in [0.1, 0.15) is 17.0 Å². The summed E-state index contributed by atoms with van der Waals surface area (Å²) < 4.78 is 5.26. The first-order chi connectivity index (χ1) is 9.83. The zero-order valence-electron chi connectivity index (χ0n) is 11.5. The smallest absolute Gasteiger partial charge is 0.120 e. The van der Waals surface area contributed by atoms with Crippen molar-refractivity contribution < 1.29 is 4.74 Å². The van der Waals surface area contributed by atoms with E-state index in [0.717, 1.165) is 11.3 Å². The lowest BCUT2D eigenvalue weighted by Crippen LogP contribution is -2.13. The Balaban J connectivity index is 2.09. The van der Waals surface area contributed by atoms with Gasteiger partial charge in [-0.05, 0) is 23.3 Å². The number of benzene rings is 2. The Morgan fingerprint density at radius 1 is 1.15 bits per heavy atom. The maximum absolute atomic E-state index is 6.00. The van der Waals surface area contributed by atoms with Crippen LogP contribution in [0.4, 0.5) is 0 Å². The number of nitrogens with one attached hydrogen (secondary N) is 1. The number of methoxy groups -OCH3 is 1. The van der Waals surface area contributed by atoms with E-state index in [9.17, 15) is 0 Å². The summed E-state index contributed by atoms with van der Waals surface area (Å²) in [7, 11) is 1.68. The van der Waals surface area contributed by atoms with Crippen LogP contribution >= 0.6 is 0 Å². The van der Waals surface area contributed by atoms with E-state index < -0.39 is 0 Å². The highest BCUT2D eigenvalue weighted by Crippen LogP contribution is 2.31. The predicted molar refractivity (Wildman–Crippen MR) is 82.2 cm³/mol. The maximum Gasteiger partial charge on any atom is 0.120 e. The molecule has 0 saturated carbocycles. The third-order valence-electron chi connectivity index (χ3n) is 3.73. The Labute approximate surface area is 118 Å². The number of rotatable bonds is 4. The van der Waals surface area contributed by atoms with Crippen LogP contribution in [-0.4, -0.2) is 18.6 Å². The second-order valence-corrected chi connectivity index (χ2v) is 4.85. The highest BCUT2D eigenvalue weighted by atomic mass is 16.5. The highest BCUT2D eigenvalue weighted by molar-refractivity contribution is 5.85. The lowest BCUT2D eigenvalue weighted by molar-refractivity contribution is 0.415. The van der Waals surface area contributed by atoms with E-state index in [2.05, 4.69) is 41.5 Å². The first-order valence-corrected chi connectivity index (χ1v) is 6.73. The molecule has 1 atom stereocenters. The third-order valence-corrected chi connectivity index (χ3v) is 3.73. The summed E-state index contributed by atoms with van der Waals surface area (Å²) in [4.78, 5) is 3.31. The van der Waals surface area contributed by atoms with Crippen LogP contribution in [0.25, 0.3) is 10.9 Å². The van der Waals surface area contributed by atoms with E-state index in [1.54, 1.807) is 7.11 Å². The van der Waals surface area contributed by atoms with Gasteiger partial charge in [0, 0.05) is 35.6 Å². The van der Waals surface area contributed by atoms with Crippen molar-refractivity contribution in [1.82, 2.24) is 4.98 Å². The fraction of sp³-hybridized carbons (Fsp3) is 0.176. The zero-order valence-corrected chi connectivity index (χ0v) is 11.5. The molecule has 1 aromatic heterocycles. The van der Waals surface area contributed by atoms with Gasteiger partial charge in [-0.25, -0.2) is 0 Å². The quantitative estimate of drug-likeness (QED) is 0.761. The van der Waals surface area contributed by atoms with E-state index in [4.69, 9.17) is 10.5 Å². The SMILES string of the molecule is COc1ccc2c(C(CN)c3ccccc3)c[nH]c2c1. The van der Waals surface area contributed by atoms with Gasteiger partial charge in [0.05, 0.1) is 7.11 Å². The molecule has 0 bridgehead atoms. The largest absolute Gasteiger partial charge is 0.497 e. The van der Waals surface area contributed by atoms with Gasteiger partial charge in [0.2, 0.25) is 0 Å². The molecule has 3 rings (SSSR count). The van der Waals surface area contributed by atoms with Crippen molar-refractivity contribution in [3.8, 4) is 5.75 Å². The number of aromatic nitrogens is 1. The molecule has 3 N–H and O–H groups in total. The van der Waals surface area contributed by atoms with Crippen LogP contribution in [0.3, 0.4) is 0 Å². The third kappa shape index (κ3) is 2.17. The minimum atomic E-state index is 0.207. The van der Waals surface area contributed by atoms with Gasteiger partial charge in [0.25, 0.3) is 0 Å². The first kappa shape index (κ1) is 12.8. The van der Waals surface area contributed by atoms with Crippen LogP contribution in [-0.2, 0) is 0 Å². The number of fused-ring (bicyclic) bond motifs is 1. The van der Waals surface area contributed by atoms with E-state index >= 15 is 0 Å². The summed E-state index contributed by atoms with van der Waals surface area (Å²) >= 11 is 0. The molecule has 3 heteroatoms. The van der Waals surface area contributed by atoms with E-state index in [-0.39, 0.29) is 5.92 Å². The Kier molecular flexibility index (Phi) is 3.44. The minimum Gasteiger partial charge on any atom is -0.497 e. The number of aromatic amines is 1. The second-order valence-electron chi connectivity index (χ2n) is 4.85. The first-order valence-electron chi connectivity index (χ1n) is 6.73. The van der Waals surface area contributed by atoms with Crippen molar-refractivity contribution in [3.63, 3.8) is 0 Å². The van der Waals surface area contributed by atoms with Gasteiger partial charge < -0.3 is 15.5 Å². The molecular formula is C17H18N2O. The maximum atomic E-state index is 6.00. The molecule has 0 saturated heterocycles. The Morgan fingerprint density at radius 3 is 2.65 bits per heavy atom. The van der Waals surface area contributed by atoms with Gasteiger partial charge >= 0.3 is 0 Å². The summed E-state index contributed by atoms with van der Waals surface area (Å²) in [6.45, 7) is 0.586. The standard InChI is InChI=1S/C17H18N2O/c1-20-13-7-8-14-16(11-19-17(14)9-13)15(10-18)12-5-3-2-4-6-12/h2-9,11,15,19H,10,18H2,1H3. The molecule has 20 heavy (non-hydrogen) atoms. The topological polar surface area (TPSA) is 51.0 Å². The number of nitrogens with two attached hydrogens (primary N) is 1. The summed E-state index contributed by atoms with van der Waals surface area (Å²) in [5.41, 5.74) is 9.56. The van der Waals surface area contributed by atoms with E-state index in [0.29, 0.717) is 6.54 Å². The average molecular weight is 266 g/mol. The molecular weight excluding hydrogens is 248 g/mol. The molecule has 0 fully saturated rings. The highest BCUT2D eigenvalue weighted by Gasteiger charge is 2.16. The molecule has 0 aliphatic heterocycles. The normalized spacial score (nSPS) is 12.5. The van der Waals surface area contributed by atoms with Crippen LogP contribution in [0.2, 0.25) is 0 Å². The van der Waals surface area contributed by atoms with Crippen molar-refractivity contribution in [2.45, 2.75) is 5.92 Å². The van der Waals surface area contributed by atoms with Crippen molar-refractivity contribution >= 4 is 10.9 Å². The Morgan fingerprint density at radius 2 is 1.95 bits per heavy atom. The lowest BCUT2D eigenvalue weighted by Gasteiger charge is -2.14. The molecule has 1 unspecified atom stereocenters. The lowest BCUT2D eigenvalue weighted by atomic mass is 9.91. The van der Waals surface area contributed by atoms with Crippen LogP contribution in [0.15, 0.2) is 54.7 Å². The Hall–Kier alpha value is -2.26. The fourth-order valence-corrected chi connectivity index (χ4v) is 2.67. The van der Waals surface area contributed by atoms with Crippen LogP contribution in [0, 0.1) is 0 Å². The van der Waals surface area contributed by atoms with Gasteiger partial charge in [-0.3, -0.25) is 0 Å². The van der Waals surface area contributed by atoms with Crippen molar-refractivity contribution in [2.75, 3.05) is 13.7 Å². The molecule has 1 heterocycles. The fourth-order valence-electron chi connectivity index (χ4n) is 2.67. The number of H-pyrrole nitrogens is 1. The van der Waals surface area contributed by atoms with Gasteiger partial charge in [0.1, 0.15) is 5.75 Å². The van der Waals surface area contributed by atoms with E-state index in [1.165, 1.54) is 16.5 Å². The van der Waals surface area contributed by atoms with Gasteiger partial charge in [-0.2, -0.15) is 0 Å². The van der Waals surface area contributed by atoms with E-state index in [1.807, 2.05) is 18.2 Å². The number of ether oxygens (including phenoxy) is 1. The van der Waals surface area contributed by atoms with Crippen molar-refractivity contribution in [1.29, 1.82) is 0 Å². The van der Waals surface area contributed by atoms with Crippen molar-refractivity contribution in [3.05, 3.63) is 65.9 Å².